The SMILES string of the molecule is CCCc1nc2cc(C(=O)O)ccc2n1C(C)CS(C)=O. The average molecular weight is 308 g/mol. The van der Waals surface area contributed by atoms with E-state index < -0.39 is 16.8 Å². The summed E-state index contributed by atoms with van der Waals surface area (Å²) in [7, 11) is -0.890. The van der Waals surface area contributed by atoms with Crippen molar-refractivity contribution in [3.8, 4) is 0 Å². The third kappa shape index (κ3) is 3.32. The highest BCUT2D eigenvalue weighted by molar-refractivity contribution is 7.84. The van der Waals surface area contributed by atoms with Gasteiger partial charge in [0, 0.05) is 35.3 Å². The molecule has 2 aromatic rings. The zero-order valence-corrected chi connectivity index (χ0v) is 13.3. The van der Waals surface area contributed by atoms with Crippen LogP contribution in [0, 0.1) is 0 Å². The summed E-state index contributed by atoms with van der Waals surface area (Å²) < 4.78 is 13.6. The van der Waals surface area contributed by atoms with Crippen molar-refractivity contribution >= 4 is 27.8 Å². The minimum Gasteiger partial charge on any atom is -0.478 e. The number of hydrogen-bond donors (Lipinski definition) is 1. The standard InChI is InChI=1S/C15H20N2O3S/c1-4-5-14-16-12-8-11(15(18)19)6-7-13(12)17(14)10(2)9-21(3)20/h6-8,10H,4-5,9H2,1-3H3,(H,18,19). The van der Waals surface area contributed by atoms with Gasteiger partial charge in [0.05, 0.1) is 16.6 Å². The molecule has 1 aromatic carbocycles. The van der Waals surface area contributed by atoms with E-state index in [4.69, 9.17) is 5.11 Å². The molecule has 114 valence electrons. The van der Waals surface area contributed by atoms with Gasteiger partial charge in [0.25, 0.3) is 0 Å². The van der Waals surface area contributed by atoms with Gasteiger partial charge in [-0.15, -0.1) is 0 Å². The number of nitrogens with zero attached hydrogens (tertiary/aromatic N) is 2. The molecule has 0 fully saturated rings. The zero-order valence-electron chi connectivity index (χ0n) is 12.5. The van der Waals surface area contributed by atoms with Crippen LogP contribution in [0.25, 0.3) is 11.0 Å². The highest BCUT2D eigenvalue weighted by Crippen LogP contribution is 2.24. The van der Waals surface area contributed by atoms with Crippen molar-refractivity contribution < 1.29 is 14.1 Å². The van der Waals surface area contributed by atoms with Crippen LogP contribution in [0.5, 0.6) is 0 Å². The van der Waals surface area contributed by atoms with E-state index >= 15 is 0 Å². The molecule has 0 aliphatic heterocycles. The van der Waals surface area contributed by atoms with Crippen molar-refractivity contribution in [3.05, 3.63) is 29.6 Å². The maximum absolute atomic E-state index is 11.5. The summed E-state index contributed by atoms with van der Waals surface area (Å²) in [5.41, 5.74) is 1.83. The van der Waals surface area contributed by atoms with Crippen LogP contribution in [-0.4, -0.2) is 36.8 Å². The molecule has 2 atom stereocenters. The van der Waals surface area contributed by atoms with Crippen molar-refractivity contribution in [2.75, 3.05) is 12.0 Å². The molecule has 1 N–H and O–H groups in total. The Labute approximate surface area is 126 Å². The van der Waals surface area contributed by atoms with Crippen LogP contribution in [0.3, 0.4) is 0 Å². The van der Waals surface area contributed by atoms with E-state index in [-0.39, 0.29) is 11.6 Å². The predicted octanol–water partition coefficient (Wildman–Crippen LogP) is 2.63. The largest absolute Gasteiger partial charge is 0.478 e. The minimum absolute atomic E-state index is 0.0676. The van der Waals surface area contributed by atoms with Crippen LogP contribution in [0.1, 0.15) is 42.5 Å². The molecule has 0 aliphatic rings. The molecule has 2 unspecified atom stereocenters. The van der Waals surface area contributed by atoms with Gasteiger partial charge in [0.1, 0.15) is 5.82 Å². The molecule has 6 heteroatoms. The van der Waals surface area contributed by atoms with Gasteiger partial charge in [-0.1, -0.05) is 6.92 Å². The second kappa shape index (κ2) is 6.39. The Morgan fingerprint density at radius 3 is 2.76 bits per heavy atom. The summed E-state index contributed by atoms with van der Waals surface area (Å²) in [6, 6.07) is 5.05. The highest BCUT2D eigenvalue weighted by Gasteiger charge is 2.17. The highest BCUT2D eigenvalue weighted by atomic mass is 32.2. The van der Waals surface area contributed by atoms with Crippen LogP contribution in [-0.2, 0) is 17.2 Å². The van der Waals surface area contributed by atoms with E-state index in [9.17, 15) is 9.00 Å². The van der Waals surface area contributed by atoms with Gasteiger partial charge in [-0.25, -0.2) is 9.78 Å². The molecule has 0 spiro atoms. The van der Waals surface area contributed by atoms with Gasteiger partial charge in [-0.3, -0.25) is 4.21 Å². The lowest BCUT2D eigenvalue weighted by atomic mass is 10.2. The number of rotatable bonds is 6. The van der Waals surface area contributed by atoms with E-state index in [1.807, 2.05) is 6.92 Å². The molecule has 0 aliphatic carbocycles. The van der Waals surface area contributed by atoms with Crippen LogP contribution < -0.4 is 0 Å². The van der Waals surface area contributed by atoms with Gasteiger partial charge >= 0.3 is 5.97 Å². The fourth-order valence-corrected chi connectivity index (χ4v) is 3.42. The summed E-state index contributed by atoms with van der Waals surface area (Å²) in [6.45, 7) is 4.10. The first-order valence-corrected chi connectivity index (χ1v) is 8.71. The third-order valence-electron chi connectivity index (χ3n) is 3.40. The first-order chi connectivity index (χ1) is 9.93. The summed E-state index contributed by atoms with van der Waals surface area (Å²) in [4.78, 5) is 15.6. The number of hydrogen-bond acceptors (Lipinski definition) is 3. The summed E-state index contributed by atoms with van der Waals surface area (Å²) in [5.74, 6) is 0.530. The fourth-order valence-electron chi connectivity index (χ4n) is 2.59. The summed E-state index contributed by atoms with van der Waals surface area (Å²) in [6.07, 6.45) is 3.46. The first kappa shape index (κ1) is 15.7. The van der Waals surface area contributed by atoms with E-state index in [0.717, 1.165) is 24.2 Å². The van der Waals surface area contributed by atoms with E-state index in [1.165, 1.54) is 0 Å². The maximum Gasteiger partial charge on any atom is 0.335 e. The van der Waals surface area contributed by atoms with Crippen LogP contribution >= 0.6 is 0 Å². The molecule has 2 rings (SSSR count). The molecule has 1 aromatic heterocycles. The van der Waals surface area contributed by atoms with Crippen LogP contribution in [0.15, 0.2) is 18.2 Å². The number of aromatic nitrogens is 2. The predicted molar refractivity (Wildman–Crippen MR) is 84.3 cm³/mol. The number of aryl methyl sites for hydroxylation is 1. The van der Waals surface area contributed by atoms with E-state index in [2.05, 4.69) is 16.5 Å². The molecule has 0 amide bonds. The number of aromatic carboxylic acids is 1. The molecule has 5 nitrogen and oxygen atoms in total. The monoisotopic (exact) mass is 308 g/mol. The zero-order chi connectivity index (χ0) is 15.6. The lowest BCUT2D eigenvalue weighted by Gasteiger charge is -2.16. The lowest BCUT2D eigenvalue weighted by molar-refractivity contribution is 0.0697. The Balaban J connectivity index is 2.57. The molecule has 0 saturated heterocycles. The molecular formula is C15H20N2O3S. The van der Waals surface area contributed by atoms with Crippen LogP contribution in [0.4, 0.5) is 0 Å². The van der Waals surface area contributed by atoms with Crippen molar-refractivity contribution in [2.45, 2.75) is 32.7 Å². The third-order valence-corrected chi connectivity index (χ3v) is 4.35. The molecule has 0 bridgehead atoms. The molecule has 0 saturated carbocycles. The number of benzene rings is 1. The van der Waals surface area contributed by atoms with Gasteiger partial charge in [0.2, 0.25) is 0 Å². The van der Waals surface area contributed by atoms with Gasteiger partial charge in [-0.05, 0) is 31.5 Å². The normalized spacial score (nSPS) is 14.2. The maximum atomic E-state index is 11.5. The van der Waals surface area contributed by atoms with Crippen molar-refractivity contribution in [2.24, 2.45) is 0 Å². The Morgan fingerprint density at radius 2 is 2.19 bits per heavy atom. The quantitative estimate of drug-likeness (QED) is 0.890. The summed E-state index contributed by atoms with van der Waals surface area (Å²) in [5, 5.41) is 9.08. The minimum atomic E-state index is -0.953. The first-order valence-electron chi connectivity index (χ1n) is 6.98. The Hall–Kier alpha value is -1.69. The van der Waals surface area contributed by atoms with E-state index in [0.29, 0.717) is 11.3 Å². The lowest BCUT2D eigenvalue weighted by Crippen LogP contribution is -2.15. The van der Waals surface area contributed by atoms with Crippen molar-refractivity contribution in [1.82, 2.24) is 9.55 Å². The summed E-state index contributed by atoms with van der Waals surface area (Å²) >= 11 is 0. The second-order valence-corrected chi connectivity index (χ2v) is 6.73. The van der Waals surface area contributed by atoms with Crippen molar-refractivity contribution in [3.63, 3.8) is 0 Å². The van der Waals surface area contributed by atoms with Gasteiger partial charge in [0.15, 0.2) is 0 Å². The number of imidazole rings is 1. The average Bonchev–Trinajstić information content (AvgIpc) is 2.75. The second-order valence-electron chi connectivity index (χ2n) is 5.25. The number of carboxylic acids is 1. The van der Waals surface area contributed by atoms with Gasteiger partial charge < -0.3 is 9.67 Å². The Bertz CT molecular complexity index is 694. The molecule has 21 heavy (non-hydrogen) atoms. The molecular weight excluding hydrogens is 288 g/mol. The van der Waals surface area contributed by atoms with Crippen LogP contribution in [0.2, 0.25) is 0 Å². The molecule has 0 radical (unpaired) electrons. The van der Waals surface area contributed by atoms with Crippen molar-refractivity contribution in [1.29, 1.82) is 0 Å². The Kier molecular flexibility index (Phi) is 4.77. The number of carbonyl (C=O) groups is 1. The Morgan fingerprint density at radius 1 is 1.48 bits per heavy atom. The van der Waals surface area contributed by atoms with E-state index in [1.54, 1.807) is 24.5 Å². The van der Waals surface area contributed by atoms with Gasteiger partial charge in [-0.2, -0.15) is 0 Å². The fraction of sp³-hybridized carbons (Fsp3) is 0.467. The smallest absolute Gasteiger partial charge is 0.335 e. The molecule has 1 heterocycles. The number of carboxylic acid groups (broad SMARTS) is 1. The number of fused-ring (bicyclic) bond motifs is 1. The topological polar surface area (TPSA) is 72.2 Å².